The Morgan fingerprint density at radius 1 is 1.20 bits per heavy atom. The first kappa shape index (κ1) is 15.9. The van der Waals surface area contributed by atoms with Crippen molar-refractivity contribution in [1.82, 2.24) is 0 Å². The summed E-state index contributed by atoms with van der Waals surface area (Å²) < 4.78 is 30.7. The minimum Gasteiger partial charge on any atom is -0.206 e. The van der Waals surface area contributed by atoms with Crippen LogP contribution in [0.25, 0.3) is 0 Å². The summed E-state index contributed by atoms with van der Waals surface area (Å²) in [4.78, 5) is 0. The summed E-state index contributed by atoms with van der Waals surface area (Å²) in [7, 11) is 0. The van der Waals surface area contributed by atoms with E-state index in [0.717, 1.165) is 29.3 Å². The highest BCUT2D eigenvalue weighted by Crippen LogP contribution is 2.54. The summed E-state index contributed by atoms with van der Waals surface area (Å²) in [5, 5.41) is 0. The van der Waals surface area contributed by atoms with Gasteiger partial charge in [-0.1, -0.05) is 54.8 Å². The Balaban J connectivity index is 2.33. The second-order valence-electron chi connectivity index (χ2n) is 6.04. The van der Waals surface area contributed by atoms with Crippen molar-refractivity contribution in [2.75, 3.05) is 0 Å². The molecule has 0 bridgehead atoms. The second kappa shape index (κ2) is 6.13. The van der Waals surface area contributed by atoms with Crippen LogP contribution in [0.3, 0.4) is 0 Å². The molecular weight excluding hydrogens is 322 g/mol. The highest BCUT2D eigenvalue weighted by molar-refractivity contribution is 9.10. The van der Waals surface area contributed by atoms with Crippen LogP contribution in [0.15, 0.2) is 28.7 Å². The quantitative estimate of drug-likeness (QED) is 0.598. The molecule has 2 atom stereocenters. The molecule has 1 aliphatic rings. The molecule has 1 aliphatic carbocycles. The van der Waals surface area contributed by atoms with E-state index in [1.807, 2.05) is 31.2 Å². The Hall–Kier alpha value is -0.440. The molecule has 1 aromatic carbocycles. The minimum absolute atomic E-state index is 0.0464. The first-order valence-electron chi connectivity index (χ1n) is 7.59. The van der Waals surface area contributed by atoms with Crippen molar-refractivity contribution < 1.29 is 8.78 Å². The predicted molar refractivity (Wildman–Crippen MR) is 83.3 cm³/mol. The van der Waals surface area contributed by atoms with Crippen LogP contribution in [0.4, 0.5) is 8.78 Å². The van der Waals surface area contributed by atoms with Gasteiger partial charge in [0.05, 0.1) is 5.41 Å². The van der Waals surface area contributed by atoms with E-state index in [4.69, 9.17) is 0 Å². The van der Waals surface area contributed by atoms with E-state index in [1.165, 1.54) is 0 Å². The van der Waals surface area contributed by atoms with Gasteiger partial charge in [-0.05, 0) is 42.9 Å². The smallest absolute Gasteiger partial charge is 0.206 e. The minimum atomic E-state index is -2.60. The molecular formula is C17H23BrF2. The van der Waals surface area contributed by atoms with E-state index in [2.05, 4.69) is 22.9 Å². The van der Waals surface area contributed by atoms with Gasteiger partial charge in [-0.2, -0.15) is 0 Å². The van der Waals surface area contributed by atoms with Gasteiger partial charge in [-0.3, -0.25) is 0 Å². The van der Waals surface area contributed by atoms with Crippen molar-refractivity contribution >= 4 is 15.9 Å². The molecule has 0 radical (unpaired) electrons. The Bertz CT molecular complexity index is 441. The zero-order chi connectivity index (χ0) is 14.8. The molecule has 0 heterocycles. The average Bonchev–Trinajstić information content (AvgIpc) is 2.40. The van der Waals surface area contributed by atoms with Crippen molar-refractivity contribution in [3.63, 3.8) is 0 Å². The van der Waals surface area contributed by atoms with Gasteiger partial charge in [0, 0.05) is 10.9 Å². The molecule has 2 unspecified atom stereocenters. The van der Waals surface area contributed by atoms with Crippen molar-refractivity contribution in [2.45, 2.75) is 63.7 Å². The third kappa shape index (κ3) is 2.79. The third-order valence-electron chi connectivity index (χ3n) is 4.92. The van der Waals surface area contributed by atoms with Gasteiger partial charge >= 0.3 is 0 Å². The van der Waals surface area contributed by atoms with Crippen molar-refractivity contribution in [2.24, 2.45) is 5.92 Å². The van der Waals surface area contributed by atoms with Crippen LogP contribution in [0.5, 0.6) is 0 Å². The predicted octanol–water partition coefficient (Wildman–Crippen LogP) is 6.33. The second-order valence-corrected chi connectivity index (χ2v) is 6.96. The molecule has 3 heteroatoms. The number of halogens is 3. The van der Waals surface area contributed by atoms with Crippen molar-refractivity contribution in [1.29, 1.82) is 0 Å². The maximum Gasteiger partial charge on any atom is 0.257 e. The SMILES string of the molecule is CCCC1CCC(CC)(c2ccc(Br)cc2)C(F)(F)C1. The molecule has 0 spiro atoms. The average molecular weight is 345 g/mol. The molecule has 0 saturated heterocycles. The van der Waals surface area contributed by atoms with Gasteiger partial charge in [0.2, 0.25) is 0 Å². The van der Waals surface area contributed by atoms with Crippen LogP contribution in [0.1, 0.15) is 57.9 Å². The molecule has 1 fully saturated rings. The number of rotatable bonds is 4. The van der Waals surface area contributed by atoms with Crippen LogP contribution in [-0.4, -0.2) is 5.92 Å². The van der Waals surface area contributed by atoms with E-state index >= 15 is 0 Å². The summed E-state index contributed by atoms with van der Waals surface area (Å²) in [6, 6.07) is 7.48. The molecule has 0 aromatic heterocycles. The zero-order valence-electron chi connectivity index (χ0n) is 12.3. The summed E-state index contributed by atoms with van der Waals surface area (Å²) in [5.74, 6) is -2.42. The number of hydrogen-bond acceptors (Lipinski definition) is 0. The van der Waals surface area contributed by atoms with Crippen molar-refractivity contribution in [3.8, 4) is 0 Å². The highest BCUT2D eigenvalue weighted by atomic mass is 79.9. The third-order valence-corrected chi connectivity index (χ3v) is 5.45. The fourth-order valence-corrected chi connectivity index (χ4v) is 3.98. The number of alkyl halides is 2. The Kier molecular flexibility index (Phi) is 4.88. The molecule has 112 valence electrons. The lowest BCUT2D eigenvalue weighted by Gasteiger charge is -2.46. The molecule has 0 N–H and O–H groups in total. The normalized spacial score (nSPS) is 29.4. The lowest BCUT2D eigenvalue weighted by atomic mass is 9.62. The maximum atomic E-state index is 14.9. The lowest BCUT2D eigenvalue weighted by Crippen LogP contribution is -2.49. The molecule has 0 nitrogen and oxygen atoms in total. The Labute approximate surface area is 129 Å². The van der Waals surface area contributed by atoms with Gasteiger partial charge < -0.3 is 0 Å². The summed E-state index contributed by atoms with van der Waals surface area (Å²) in [6.45, 7) is 3.98. The van der Waals surface area contributed by atoms with Gasteiger partial charge in [-0.25, -0.2) is 8.78 Å². The van der Waals surface area contributed by atoms with Gasteiger partial charge in [0.15, 0.2) is 0 Å². The standard InChI is InChI=1S/C17H23BrF2/c1-3-5-13-10-11-16(4-2,17(19,20)12-13)14-6-8-15(18)9-7-14/h6-9,13H,3-5,10-12H2,1-2H3. The van der Waals surface area contributed by atoms with Gasteiger partial charge in [0.25, 0.3) is 5.92 Å². The highest BCUT2D eigenvalue weighted by Gasteiger charge is 2.56. The molecule has 0 amide bonds. The van der Waals surface area contributed by atoms with Crippen LogP contribution in [0, 0.1) is 5.92 Å². The van der Waals surface area contributed by atoms with Crippen LogP contribution >= 0.6 is 15.9 Å². The topological polar surface area (TPSA) is 0 Å². The summed E-state index contributed by atoms with van der Waals surface area (Å²) in [6.07, 6.45) is 4.00. The zero-order valence-corrected chi connectivity index (χ0v) is 13.8. The summed E-state index contributed by atoms with van der Waals surface area (Å²) >= 11 is 3.38. The maximum absolute atomic E-state index is 14.9. The Morgan fingerprint density at radius 3 is 2.35 bits per heavy atom. The van der Waals surface area contributed by atoms with E-state index in [1.54, 1.807) is 0 Å². The fourth-order valence-electron chi connectivity index (χ4n) is 3.71. The lowest BCUT2D eigenvalue weighted by molar-refractivity contribution is -0.125. The molecule has 1 aromatic rings. The monoisotopic (exact) mass is 344 g/mol. The van der Waals surface area contributed by atoms with Gasteiger partial charge in [0.1, 0.15) is 0 Å². The largest absolute Gasteiger partial charge is 0.257 e. The van der Waals surface area contributed by atoms with E-state index in [-0.39, 0.29) is 12.3 Å². The molecule has 20 heavy (non-hydrogen) atoms. The van der Waals surface area contributed by atoms with Crippen LogP contribution in [-0.2, 0) is 5.41 Å². The molecule has 0 aliphatic heterocycles. The number of benzene rings is 1. The fraction of sp³-hybridized carbons (Fsp3) is 0.647. The van der Waals surface area contributed by atoms with E-state index < -0.39 is 11.3 Å². The van der Waals surface area contributed by atoms with E-state index in [9.17, 15) is 8.78 Å². The van der Waals surface area contributed by atoms with Crippen LogP contribution in [0.2, 0.25) is 0 Å². The Morgan fingerprint density at radius 2 is 1.85 bits per heavy atom. The molecule has 1 saturated carbocycles. The number of hydrogen-bond donors (Lipinski definition) is 0. The van der Waals surface area contributed by atoms with Crippen LogP contribution < -0.4 is 0 Å². The van der Waals surface area contributed by atoms with E-state index in [0.29, 0.717) is 12.8 Å². The molecule has 2 rings (SSSR count). The first-order valence-corrected chi connectivity index (χ1v) is 8.38. The first-order chi connectivity index (χ1) is 9.45. The van der Waals surface area contributed by atoms with Crippen molar-refractivity contribution in [3.05, 3.63) is 34.3 Å². The summed E-state index contributed by atoms with van der Waals surface area (Å²) in [5.41, 5.74) is -0.180. The van der Waals surface area contributed by atoms with Gasteiger partial charge in [-0.15, -0.1) is 0 Å².